The topological polar surface area (TPSA) is 53.8 Å². The third-order valence-corrected chi connectivity index (χ3v) is 3.85. The molecule has 2 heterocycles. The maximum absolute atomic E-state index is 13.3. The van der Waals surface area contributed by atoms with Crippen LogP contribution in [0.4, 0.5) is 4.39 Å². The molecule has 2 aromatic heterocycles. The minimum atomic E-state index is -0.240. The van der Waals surface area contributed by atoms with Crippen LogP contribution in [0, 0.1) is 5.82 Å². The minimum absolute atomic E-state index is 0.234. The molecule has 0 spiro atoms. The third-order valence-electron chi connectivity index (χ3n) is 3.85. The molecule has 0 fully saturated rings. The molecule has 0 saturated heterocycles. The number of fused-ring (bicyclic) bond motifs is 1. The Kier molecular flexibility index (Phi) is 3.12. The zero-order valence-electron chi connectivity index (χ0n) is 12.2. The van der Waals surface area contributed by atoms with E-state index >= 15 is 0 Å². The fourth-order valence-electron chi connectivity index (χ4n) is 2.75. The molecule has 2 N–H and O–H groups in total. The molecular formula is C18H14FN3O. The molecule has 0 unspecified atom stereocenters. The molecule has 0 radical (unpaired) electrons. The van der Waals surface area contributed by atoms with Crippen molar-refractivity contribution in [1.82, 2.24) is 14.5 Å². The molecule has 0 aliphatic rings. The smallest absolute Gasteiger partial charge is 0.123 e. The summed E-state index contributed by atoms with van der Waals surface area (Å²) in [6, 6.07) is 13.7. The van der Waals surface area contributed by atoms with Gasteiger partial charge in [-0.3, -0.25) is 0 Å². The third kappa shape index (κ3) is 2.57. The van der Waals surface area contributed by atoms with Crippen molar-refractivity contribution in [3.63, 3.8) is 0 Å². The number of H-pyrrole nitrogens is 1. The predicted octanol–water partition coefficient (Wildman–Crippen LogP) is 3.92. The van der Waals surface area contributed by atoms with Crippen LogP contribution in [-0.2, 0) is 6.54 Å². The zero-order chi connectivity index (χ0) is 15.8. The first kappa shape index (κ1) is 13.6. The molecular weight excluding hydrogens is 293 g/mol. The second kappa shape index (κ2) is 5.28. The van der Waals surface area contributed by atoms with Gasteiger partial charge < -0.3 is 14.7 Å². The average Bonchev–Trinajstić information content (AvgIpc) is 3.14. The van der Waals surface area contributed by atoms with Gasteiger partial charge in [0.25, 0.3) is 0 Å². The summed E-state index contributed by atoms with van der Waals surface area (Å²) in [6.45, 7) is 0.604. The van der Waals surface area contributed by atoms with Gasteiger partial charge in [-0.25, -0.2) is 9.37 Å². The lowest BCUT2D eigenvalue weighted by molar-refractivity contribution is 0.475. The zero-order valence-corrected chi connectivity index (χ0v) is 12.2. The second-order valence-corrected chi connectivity index (χ2v) is 5.48. The maximum Gasteiger partial charge on any atom is 0.123 e. The summed E-state index contributed by atoms with van der Waals surface area (Å²) < 4.78 is 15.3. The van der Waals surface area contributed by atoms with Crippen LogP contribution in [0.15, 0.2) is 61.1 Å². The van der Waals surface area contributed by atoms with Gasteiger partial charge in [0.05, 0.1) is 24.8 Å². The number of aromatic hydroxyl groups is 1. The van der Waals surface area contributed by atoms with Gasteiger partial charge in [0, 0.05) is 22.2 Å². The molecule has 0 saturated carbocycles. The van der Waals surface area contributed by atoms with E-state index in [1.165, 1.54) is 12.1 Å². The largest absolute Gasteiger partial charge is 0.508 e. The Hall–Kier alpha value is -3.08. The van der Waals surface area contributed by atoms with Crippen LogP contribution >= 0.6 is 0 Å². The number of phenolic OH excluding ortho intramolecular Hbond substituents is 1. The van der Waals surface area contributed by atoms with E-state index < -0.39 is 0 Å². The molecule has 2 aromatic carbocycles. The first-order valence-electron chi connectivity index (χ1n) is 7.26. The SMILES string of the molecule is Oc1ccc(-c2cncn2Cc2cc3cc(F)ccc3[nH]2)cc1. The van der Waals surface area contributed by atoms with E-state index in [9.17, 15) is 9.50 Å². The first-order valence-corrected chi connectivity index (χ1v) is 7.26. The summed E-state index contributed by atoms with van der Waals surface area (Å²) in [5.41, 5.74) is 3.81. The molecule has 4 rings (SSSR count). The number of aromatic nitrogens is 3. The van der Waals surface area contributed by atoms with E-state index in [1.807, 2.05) is 22.8 Å². The molecule has 114 valence electrons. The number of rotatable bonds is 3. The fourth-order valence-corrected chi connectivity index (χ4v) is 2.75. The number of hydrogen-bond donors (Lipinski definition) is 2. The number of halogens is 1. The maximum atomic E-state index is 13.3. The molecule has 5 heteroatoms. The molecule has 0 atom stereocenters. The van der Waals surface area contributed by atoms with Gasteiger partial charge >= 0.3 is 0 Å². The quantitative estimate of drug-likeness (QED) is 0.602. The van der Waals surface area contributed by atoms with Crippen molar-refractivity contribution in [1.29, 1.82) is 0 Å². The van der Waals surface area contributed by atoms with Crippen LogP contribution in [0.5, 0.6) is 5.75 Å². The fraction of sp³-hybridized carbons (Fsp3) is 0.0556. The van der Waals surface area contributed by atoms with Crippen molar-refractivity contribution >= 4 is 10.9 Å². The van der Waals surface area contributed by atoms with Gasteiger partial charge in [-0.1, -0.05) is 0 Å². The van der Waals surface area contributed by atoms with Gasteiger partial charge in [0.1, 0.15) is 11.6 Å². The summed E-state index contributed by atoms with van der Waals surface area (Å²) in [4.78, 5) is 7.51. The number of phenols is 1. The van der Waals surface area contributed by atoms with Crippen molar-refractivity contribution in [3.8, 4) is 17.0 Å². The number of imidazole rings is 1. The molecule has 0 amide bonds. The summed E-state index contributed by atoms with van der Waals surface area (Å²) in [5, 5.41) is 10.3. The van der Waals surface area contributed by atoms with Crippen LogP contribution < -0.4 is 0 Å². The molecule has 0 aliphatic heterocycles. The van der Waals surface area contributed by atoms with E-state index in [-0.39, 0.29) is 11.6 Å². The highest BCUT2D eigenvalue weighted by Gasteiger charge is 2.08. The van der Waals surface area contributed by atoms with Crippen molar-refractivity contribution in [2.24, 2.45) is 0 Å². The normalized spacial score (nSPS) is 11.2. The summed E-state index contributed by atoms with van der Waals surface area (Å²) in [5.74, 6) is -0.00655. The van der Waals surface area contributed by atoms with Crippen molar-refractivity contribution in [2.75, 3.05) is 0 Å². The van der Waals surface area contributed by atoms with E-state index in [0.29, 0.717) is 6.54 Å². The van der Waals surface area contributed by atoms with E-state index in [0.717, 1.165) is 27.9 Å². The van der Waals surface area contributed by atoms with E-state index in [2.05, 4.69) is 9.97 Å². The highest BCUT2D eigenvalue weighted by molar-refractivity contribution is 5.80. The lowest BCUT2D eigenvalue weighted by atomic mass is 10.1. The van der Waals surface area contributed by atoms with Crippen LogP contribution in [0.2, 0.25) is 0 Å². The van der Waals surface area contributed by atoms with Crippen molar-refractivity contribution in [3.05, 3.63) is 72.6 Å². The lowest BCUT2D eigenvalue weighted by Gasteiger charge is -2.07. The van der Waals surface area contributed by atoms with E-state index in [1.54, 1.807) is 30.7 Å². The van der Waals surface area contributed by atoms with Crippen LogP contribution in [0.25, 0.3) is 22.2 Å². The Balaban J connectivity index is 1.68. The number of aromatic amines is 1. The summed E-state index contributed by atoms with van der Waals surface area (Å²) in [7, 11) is 0. The van der Waals surface area contributed by atoms with Crippen molar-refractivity contribution < 1.29 is 9.50 Å². The lowest BCUT2D eigenvalue weighted by Crippen LogP contribution is -2.00. The number of hydrogen-bond acceptors (Lipinski definition) is 2. The predicted molar refractivity (Wildman–Crippen MR) is 86.7 cm³/mol. The highest BCUT2D eigenvalue weighted by Crippen LogP contribution is 2.23. The molecule has 4 nitrogen and oxygen atoms in total. The van der Waals surface area contributed by atoms with Gasteiger partial charge in [-0.2, -0.15) is 0 Å². The minimum Gasteiger partial charge on any atom is -0.508 e. The first-order chi connectivity index (χ1) is 11.2. The molecule has 4 aromatic rings. The van der Waals surface area contributed by atoms with Gasteiger partial charge in [-0.05, 0) is 48.5 Å². The number of nitrogens with one attached hydrogen (secondary N) is 1. The standard InChI is InChI=1S/C18H14FN3O/c19-14-3-6-17-13(7-14)8-15(21-17)10-22-11-20-9-18(22)12-1-4-16(23)5-2-12/h1-9,11,21,23H,10H2. The second-order valence-electron chi connectivity index (χ2n) is 5.48. The Morgan fingerprint density at radius 1 is 1.09 bits per heavy atom. The van der Waals surface area contributed by atoms with Crippen LogP contribution in [0.3, 0.4) is 0 Å². The Morgan fingerprint density at radius 3 is 2.74 bits per heavy atom. The molecule has 0 aliphatic carbocycles. The Morgan fingerprint density at radius 2 is 1.91 bits per heavy atom. The molecule has 23 heavy (non-hydrogen) atoms. The summed E-state index contributed by atoms with van der Waals surface area (Å²) >= 11 is 0. The Bertz CT molecular complexity index is 970. The Labute approximate surface area is 131 Å². The van der Waals surface area contributed by atoms with Crippen LogP contribution in [-0.4, -0.2) is 19.6 Å². The van der Waals surface area contributed by atoms with Gasteiger partial charge in [0.2, 0.25) is 0 Å². The van der Waals surface area contributed by atoms with Crippen molar-refractivity contribution in [2.45, 2.75) is 6.54 Å². The van der Waals surface area contributed by atoms with E-state index in [4.69, 9.17) is 0 Å². The van der Waals surface area contributed by atoms with Gasteiger partial charge in [0.15, 0.2) is 0 Å². The highest BCUT2D eigenvalue weighted by atomic mass is 19.1. The number of nitrogens with zero attached hydrogens (tertiary/aromatic N) is 2. The molecule has 0 bridgehead atoms. The number of benzene rings is 2. The van der Waals surface area contributed by atoms with Crippen LogP contribution in [0.1, 0.15) is 5.69 Å². The monoisotopic (exact) mass is 307 g/mol. The average molecular weight is 307 g/mol. The van der Waals surface area contributed by atoms with Gasteiger partial charge in [-0.15, -0.1) is 0 Å². The summed E-state index contributed by atoms with van der Waals surface area (Å²) in [6.07, 6.45) is 3.54.